The number of benzene rings is 2. The summed E-state index contributed by atoms with van der Waals surface area (Å²) in [5.41, 5.74) is 0.0442. The van der Waals surface area contributed by atoms with Gasteiger partial charge in [-0.3, -0.25) is 0 Å². The van der Waals surface area contributed by atoms with Crippen LogP contribution in [0.4, 0.5) is 0 Å². The first-order valence-corrected chi connectivity index (χ1v) is 7.82. The second kappa shape index (κ2) is 10.5. The Morgan fingerprint density at radius 2 is 1.07 bits per heavy atom. The van der Waals surface area contributed by atoms with E-state index in [1.807, 2.05) is 0 Å². The molecule has 0 aliphatic rings. The van der Waals surface area contributed by atoms with Crippen LogP contribution in [-0.4, -0.2) is 25.0 Å². The summed E-state index contributed by atoms with van der Waals surface area (Å²) in [6, 6.07) is 8.60. The molecule has 0 aliphatic heterocycles. The van der Waals surface area contributed by atoms with Gasteiger partial charge in [0.1, 0.15) is 0 Å². The molecule has 2 rings (SSSR count). The zero-order valence-corrected chi connectivity index (χ0v) is 15.1. The van der Waals surface area contributed by atoms with Crippen LogP contribution in [0, 0.1) is 0 Å². The summed E-state index contributed by atoms with van der Waals surface area (Å²) in [7, 11) is 0. The Morgan fingerprint density at radius 1 is 0.741 bits per heavy atom. The van der Waals surface area contributed by atoms with E-state index < -0.39 is 35.5 Å². The van der Waals surface area contributed by atoms with Crippen molar-refractivity contribution < 1.29 is 47.1 Å². The van der Waals surface area contributed by atoms with Gasteiger partial charge in [-0.15, -0.1) is 11.5 Å². The predicted octanol–water partition coefficient (Wildman–Crippen LogP) is -2.71. The minimum atomic E-state index is -1.48. The molecule has 0 saturated heterocycles. The van der Waals surface area contributed by atoms with Gasteiger partial charge in [0, 0.05) is 13.1 Å². The molecule has 1 radical (unpaired) electrons. The molecule has 0 saturated carbocycles. The first-order valence-electron chi connectivity index (χ1n) is 7.82. The fraction of sp³-hybridized carbons (Fsp3) is 0.222. The second-order valence-corrected chi connectivity index (χ2v) is 5.49. The number of para-hydroxylation sites is 2. The zero-order chi connectivity index (χ0) is 19.1. The van der Waals surface area contributed by atoms with Crippen molar-refractivity contribution in [3.63, 3.8) is 0 Å². The minimum Gasteiger partial charge on any atom is -0.872 e. The van der Waals surface area contributed by atoms with Crippen molar-refractivity contribution in [1.29, 1.82) is 0 Å². The number of carboxylic acids is 2. The summed E-state index contributed by atoms with van der Waals surface area (Å²) in [5, 5.41) is 51.3. The Kier molecular flexibility index (Phi) is 8.77. The maximum atomic E-state index is 11.8. The molecule has 0 aliphatic carbocycles. The largest absolute Gasteiger partial charge is 3.00 e. The molecule has 143 valence electrons. The number of rotatable bonds is 9. The van der Waals surface area contributed by atoms with Crippen LogP contribution in [0.5, 0.6) is 11.5 Å². The van der Waals surface area contributed by atoms with Crippen LogP contribution in [0.3, 0.4) is 0 Å². The molecule has 27 heavy (non-hydrogen) atoms. The molecule has 9 heteroatoms. The van der Waals surface area contributed by atoms with Gasteiger partial charge in [-0.25, -0.2) is 0 Å². The summed E-state index contributed by atoms with van der Waals surface area (Å²) in [4.78, 5) is 22.6. The Labute approximate surface area is 166 Å². The molecule has 2 aromatic rings. The second-order valence-electron chi connectivity index (χ2n) is 5.49. The average Bonchev–Trinajstić information content (AvgIpc) is 2.59. The van der Waals surface area contributed by atoms with Gasteiger partial charge in [0.15, 0.2) is 0 Å². The number of carbonyl (C=O) groups is 2. The van der Waals surface area contributed by atoms with E-state index in [1.165, 1.54) is 48.5 Å². The van der Waals surface area contributed by atoms with Crippen LogP contribution >= 0.6 is 0 Å². The van der Waals surface area contributed by atoms with Crippen LogP contribution in [-0.2, 0) is 26.7 Å². The van der Waals surface area contributed by atoms with Gasteiger partial charge in [0.2, 0.25) is 0 Å². The topological polar surface area (TPSA) is 150 Å². The smallest absolute Gasteiger partial charge is 0.872 e. The van der Waals surface area contributed by atoms with Crippen molar-refractivity contribution in [3.8, 4) is 11.5 Å². The number of hydrogen-bond donors (Lipinski definition) is 2. The van der Waals surface area contributed by atoms with Crippen LogP contribution in [0.2, 0.25) is 0 Å². The fourth-order valence-corrected chi connectivity index (χ4v) is 2.51. The Hall–Kier alpha value is -2.58. The molecule has 0 aromatic heterocycles. The quantitative estimate of drug-likeness (QED) is 0.334. The predicted molar refractivity (Wildman–Crippen MR) is 83.3 cm³/mol. The summed E-state index contributed by atoms with van der Waals surface area (Å²) in [5.74, 6) is -3.85. The van der Waals surface area contributed by atoms with E-state index >= 15 is 0 Å². The number of carboxylic acid groups (broad SMARTS) is 2. The normalized spacial score (nSPS) is 12.6. The van der Waals surface area contributed by atoms with Gasteiger partial charge in [-0.05, 0) is 11.1 Å². The standard InChI is InChI=1S/C18H20N2O6.Fe/c21-13-7-3-1-5-11(13)15(17(23)24)19-9-10-20-16(18(25)26)12-6-2-4-8-14(12)22;/h1-8,15-16,19-22H,9-10H2,(H,23,24)(H,25,26);/q;+3/p-4. The molecule has 8 nitrogen and oxygen atoms in total. The monoisotopic (exact) mass is 412 g/mol. The molecular formula is C18H16FeN2O6-. The molecule has 0 heterocycles. The van der Waals surface area contributed by atoms with Gasteiger partial charge in [-0.1, -0.05) is 48.5 Å². The van der Waals surface area contributed by atoms with Gasteiger partial charge < -0.3 is 40.6 Å². The van der Waals surface area contributed by atoms with Crippen LogP contribution in [0.1, 0.15) is 23.2 Å². The van der Waals surface area contributed by atoms with Gasteiger partial charge in [0.25, 0.3) is 0 Å². The third-order valence-electron chi connectivity index (χ3n) is 3.75. The molecule has 2 N–H and O–H groups in total. The Bertz CT molecular complexity index is 720. The average molecular weight is 412 g/mol. The van der Waals surface area contributed by atoms with E-state index in [0.29, 0.717) is 0 Å². The molecule has 0 bridgehead atoms. The maximum absolute atomic E-state index is 11.8. The van der Waals surface area contributed by atoms with Crippen molar-refractivity contribution in [2.24, 2.45) is 0 Å². The first-order chi connectivity index (χ1) is 12.4. The summed E-state index contributed by atoms with van der Waals surface area (Å²) >= 11 is 0. The van der Waals surface area contributed by atoms with E-state index in [4.69, 9.17) is 0 Å². The van der Waals surface area contributed by atoms with E-state index in [1.54, 1.807) is 0 Å². The molecule has 2 unspecified atom stereocenters. The molecule has 0 amide bonds. The van der Waals surface area contributed by atoms with E-state index in [0.717, 1.165) is 0 Å². The third kappa shape index (κ3) is 5.97. The fourth-order valence-electron chi connectivity index (χ4n) is 2.51. The third-order valence-corrected chi connectivity index (χ3v) is 3.75. The summed E-state index contributed by atoms with van der Waals surface area (Å²) < 4.78 is 0. The van der Waals surface area contributed by atoms with Crippen molar-refractivity contribution in [1.82, 2.24) is 10.6 Å². The van der Waals surface area contributed by atoms with Crippen molar-refractivity contribution in [2.45, 2.75) is 12.1 Å². The number of carbonyl (C=O) groups excluding carboxylic acids is 2. The molecule has 2 aromatic carbocycles. The SMILES string of the molecule is O=C([O-])C(NCCNC(C(=O)[O-])c1ccccc1[O-])c1ccccc1[O-].[Fe+3]. The summed E-state index contributed by atoms with van der Waals surface area (Å²) in [6.07, 6.45) is 0. The number of aliphatic carboxylic acids is 2. The van der Waals surface area contributed by atoms with E-state index in [-0.39, 0.29) is 41.3 Å². The van der Waals surface area contributed by atoms with Crippen LogP contribution in [0.25, 0.3) is 0 Å². The number of hydrogen-bond acceptors (Lipinski definition) is 8. The van der Waals surface area contributed by atoms with Crippen molar-refractivity contribution >= 4 is 11.9 Å². The van der Waals surface area contributed by atoms with Gasteiger partial charge in [0.05, 0.1) is 24.0 Å². The Balaban J connectivity index is 0.00000364. The molecule has 0 spiro atoms. The van der Waals surface area contributed by atoms with Crippen LogP contribution in [0.15, 0.2) is 48.5 Å². The van der Waals surface area contributed by atoms with Crippen LogP contribution < -0.4 is 31.1 Å². The molecule has 2 atom stereocenters. The van der Waals surface area contributed by atoms with Crippen molar-refractivity contribution in [3.05, 3.63) is 59.7 Å². The number of nitrogens with one attached hydrogen (secondary N) is 2. The van der Waals surface area contributed by atoms with E-state index in [9.17, 15) is 30.0 Å². The molecule has 0 fully saturated rings. The molecular weight excluding hydrogens is 396 g/mol. The maximum Gasteiger partial charge on any atom is 3.00 e. The minimum absolute atomic E-state index is 0. The van der Waals surface area contributed by atoms with Gasteiger partial charge in [-0.2, -0.15) is 0 Å². The Morgan fingerprint density at radius 3 is 1.37 bits per heavy atom. The van der Waals surface area contributed by atoms with Crippen molar-refractivity contribution in [2.75, 3.05) is 13.1 Å². The zero-order valence-electron chi connectivity index (χ0n) is 14.0. The van der Waals surface area contributed by atoms with Gasteiger partial charge >= 0.3 is 17.1 Å². The van der Waals surface area contributed by atoms with E-state index in [2.05, 4.69) is 10.6 Å². The first kappa shape index (κ1) is 22.5. The summed E-state index contributed by atoms with van der Waals surface area (Å²) in [6.45, 7) is 0.0234.